The molecule has 2 aromatic carbocycles. The maximum Gasteiger partial charge on any atom is 0.163 e. The second-order valence-corrected chi connectivity index (χ2v) is 3.96. The minimum absolute atomic E-state index is 0.0362. The first-order valence-electron chi connectivity index (χ1n) is 5.68. The second kappa shape index (κ2) is 5.47. The van der Waals surface area contributed by atoms with Crippen LogP contribution >= 0.6 is 0 Å². The number of hydrogen-bond donors (Lipinski definition) is 1. The predicted octanol–water partition coefficient (Wildman–Crippen LogP) is 3.17. The summed E-state index contributed by atoms with van der Waals surface area (Å²) in [5.41, 5.74) is 1.32. The molecule has 0 aliphatic rings. The Labute approximate surface area is 106 Å². The van der Waals surface area contributed by atoms with Gasteiger partial charge in [-0.1, -0.05) is 24.3 Å². The van der Waals surface area contributed by atoms with Crippen LogP contribution in [0.3, 0.4) is 0 Å². The molecule has 0 unspecified atom stereocenters. The summed E-state index contributed by atoms with van der Waals surface area (Å²) in [7, 11) is 0. The van der Waals surface area contributed by atoms with Gasteiger partial charge in [-0.25, -0.2) is 0 Å². The first kappa shape index (κ1) is 12.3. The van der Waals surface area contributed by atoms with Crippen molar-refractivity contribution < 1.29 is 14.6 Å². The van der Waals surface area contributed by atoms with Crippen molar-refractivity contribution >= 4 is 5.78 Å². The zero-order valence-electron chi connectivity index (χ0n) is 10.1. The maximum absolute atomic E-state index is 11.5. The molecule has 0 aliphatic heterocycles. The molecule has 2 aromatic rings. The molecule has 0 saturated carbocycles. The summed E-state index contributed by atoms with van der Waals surface area (Å²) < 4.78 is 5.68. The molecular weight excluding hydrogens is 228 g/mol. The number of aliphatic hydroxyl groups excluding tert-OH is 1. The Bertz CT molecular complexity index is 561. The third-order valence-corrected chi connectivity index (χ3v) is 2.58. The number of ketones is 1. The zero-order valence-corrected chi connectivity index (χ0v) is 10.1. The summed E-state index contributed by atoms with van der Waals surface area (Å²) in [5.74, 6) is 1.10. The van der Waals surface area contributed by atoms with Crippen molar-refractivity contribution in [1.29, 1.82) is 0 Å². The highest BCUT2D eigenvalue weighted by molar-refractivity contribution is 5.96. The number of Topliss-reactive ketones (excluding diaryl/α,β-unsaturated/α-hetero) is 1. The Morgan fingerprint density at radius 1 is 1.17 bits per heavy atom. The van der Waals surface area contributed by atoms with Gasteiger partial charge >= 0.3 is 0 Å². The molecule has 92 valence electrons. The molecule has 3 heteroatoms. The van der Waals surface area contributed by atoms with Crippen LogP contribution in [-0.4, -0.2) is 10.9 Å². The van der Waals surface area contributed by atoms with Crippen LogP contribution in [0.5, 0.6) is 11.5 Å². The minimum Gasteiger partial charge on any atom is -0.457 e. The van der Waals surface area contributed by atoms with Gasteiger partial charge in [0.1, 0.15) is 11.5 Å². The van der Waals surface area contributed by atoms with Gasteiger partial charge in [0.15, 0.2) is 5.78 Å². The lowest BCUT2D eigenvalue weighted by molar-refractivity contribution is 0.101. The van der Waals surface area contributed by atoms with Crippen LogP contribution in [0.2, 0.25) is 0 Å². The van der Waals surface area contributed by atoms with Gasteiger partial charge in [0.05, 0.1) is 12.2 Å². The van der Waals surface area contributed by atoms with Crippen molar-refractivity contribution in [3.63, 3.8) is 0 Å². The average Bonchev–Trinajstić information content (AvgIpc) is 2.39. The zero-order chi connectivity index (χ0) is 13.0. The maximum atomic E-state index is 11.5. The Hall–Kier alpha value is -2.13. The van der Waals surface area contributed by atoms with Crippen molar-refractivity contribution in [1.82, 2.24) is 0 Å². The van der Waals surface area contributed by atoms with E-state index < -0.39 is 0 Å². The molecule has 0 heterocycles. The lowest BCUT2D eigenvalue weighted by Gasteiger charge is -2.09. The number of rotatable bonds is 4. The Morgan fingerprint density at radius 2 is 1.94 bits per heavy atom. The fourth-order valence-electron chi connectivity index (χ4n) is 1.68. The van der Waals surface area contributed by atoms with Gasteiger partial charge in [0.25, 0.3) is 0 Å². The van der Waals surface area contributed by atoms with Gasteiger partial charge < -0.3 is 9.84 Å². The number of benzene rings is 2. The van der Waals surface area contributed by atoms with Crippen molar-refractivity contribution in [2.45, 2.75) is 13.5 Å². The Balaban J connectivity index is 2.31. The molecule has 0 spiro atoms. The van der Waals surface area contributed by atoms with E-state index in [1.54, 1.807) is 36.4 Å². The summed E-state index contributed by atoms with van der Waals surface area (Å²) in [5, 5.41) is 9.06. The number of ether oxygens (including phenoxy) is 1. The van der Waals surface area contributed by atoms with Crippen LogP contribution in [-0.2, 0) is 6.61 Å². The van der Waals surface area contributed by atoms with E-state index in [0.717, 1.165) is 5.56 Å². The van der Waals surface area contributed by atoms with Gasteiger partial charge in [-0.2, -0.15) is 0 Å². The predicted molar refractivity (Wildman–Crippen MR) is 68.9 cm³/mol. The second-order valence-electron chi connectivity index (χ2n) is 3.96. The van der Waals surface area contributed by atoms with Gasteiger partial charge in [-0.05, 0) is 36.8 Å². The SMILES string of the molecule is CC(=O)c1ccccc1Oc1cccc(CO)c1. The fourth-order valence-corrected chi connectivity index (χ4v) is 1.68. The molecular formula is C15H14O3. The minimum atomic E-state index is -0.0380. The number of para-hydroxylation sites is 1. The lowest BCUT2D eigenvalue weighted by atomic mass is 10.1. The van der Waals surface area contributed by atoms with E-state index in [-0.39, 0.29) is 12.4 Å². The number of hydrogen-bond acceptors (Lipinski definition) is 3. The van der Waals surface area contributed by atoms with Crippen molar-refractivity contribution in [3.05, 3.63) is 59.7 Å². The van der Waals surface area contributed by atoms with Gasteiger partial charge in [-0.3, -0.25) is 4.79 Å². The first-order chi connectivity index (χ1) is 8.70. The number of carbonyl (C=O) groups excluding carboxylic acids is 1. The molecule has 0 aliphatic carbocycles. The van der Waals surface area contributed by atoms with Crippen LogP contribution in [0.1, 0.15) is 22.8 Å². The summed E-state index contributed by atoms with van der Waals surface area (Å²) in [6, 6.07) is 14.2. The molecule has 0 amide bonds. The lowest BCUT2D eigenvalue weighted by Crippen LogP contribution is -1.96. The third kappa shape index (κ3) is 2.76. The molecule has 2 rings (SSSR count). The van der Waals surface area contributed by atoms with Crippen LogP contribution in [0.4, 0.5) is 0 Å². The van der Waals surface area contributed by atoms with E-state index in [1.807, 2.05) is 12.1 Å². The van der Waals surface area contributed by atoms with Crippen molar-refractivity contribution in [2.75, 3.05) is 0 Å². The number of aliphatic hydroxyl groups is 1. The monoisotopic (exact) mass is 242 g/mol. The molecule has 0 saturated heterocycles. The van der Waals surface area contributed by atoms with E-state index in [1.165, 1.54) is 6.92 Å². The van der Waals surface area contributed by atoms with Gasteiger partial charge in [0, 0.05) is 0 Å². The Morgan fingerprint density at radius 3 is 2.67 bits per heavy atom. The van der Waals surface area contributed by atoms with Gasteiger partial charge in [-0.15, -0.1) is 0 Å². The molecule has 3 nitrogen and oxygen atoms in total. The topological polar surface area (TPSA) is 46.5 Å². The fraction of sp³-hybridized carbons (Fsp3) is 0.133. The Kier molecular flexibility index (Phi) is 3.75. The molecule has 0 aromatic heterocycles. The standard InChI is InChI=1S/C15H14O3/c1-11(17)14-7-2-3-8-15(14)18-13-6-4-5-12(9-13)10-16/h2-9,16H,10H2,1H3. The highest BCUT2D eigenvalue weighted by atomic mass is 16.5. The molecule has 0 fully saturated rings. The van der Waals surface area contributed by atoms with E-state index in [9.17, 15) is 4.79 Å². The smallest absolute Gasteiger partial charge is 0.163 e. The van der Waals surface area contributed by atoms with Crippen LogP contribution in [0, 0.1) is 0 Å². The molecule has 1 N–H and O–H groups in total. The first-order valence-corrected chi connectivity index (χ1v) is 5.68. The van der Waals surface area contributed by atoms with E-state index in [2.05, 4.69) is 0 Å². The summed E-state index contributed by atoms with van der Waals surface area (Å²) >= 11 is 0. The largest absolute Gasteiger partial charge is 0.457 e. The highest BCUT2D eigenvalue weighted by Gasteiger charge is 2.08. The molecule has 18 heavy (non-hydrogen) atoms. The van der Waals surface area contributed by atoms with E-state index in [4.69, 9.17) is 9.84 Å². The molecule has 0 atom stereocenters. The summed E-state index contributed by atoms with van der Waals surface area (Å²) in [6.45, 7) is 1.47. The van der Waals surface area contributed by atoms with Crippen LogP contribution < -0.4 is 4.74 Å². The highest BCUT2D eigenvalue weighted by Crippen LogP contribution is 2.26. The number of carbonyl (C=O) groups is 1. The normalized spacial score (nSPS) is 10.1. The van der Waals surface area contributed by atoms with Crippen LogP contribution in [0.25, 0.3) is 0 Å². The van der Waals surface area contributed by atoms with E-state index >= 15 is 0 Å². The van der Waals surface area contributed by atoms with Crippen molar-refractivity contribution in [2.24, 2.45) is 0 Å². The van der Waals surface area contributed by atoms with E-state index in [0.29, 0.717) is 17.1 Å². The molecule has 0 radical (unpaired) electrons. The van der Waals surface area contributed by atoms with Gasteiger partial charge in [0.2, 0.25) is 0 Å². The molecule has 0 bridgehead atoms. The van der Waals surface area contributed by atoms with Crippen LogP contribution in [0.15, 0.2) is 48.5 Å². The summed E-state index contributed by atoms with van der Waals surface area (Å²) in [6.07, 6.45) is 0. The quantitative estimate of drug-likeness (QED) is 0.837. The van der Waals surface area contributed by atoms with Crippen molar-refractivity contribution in [3.8, 4) is 11.5 Å². The summed E-state index contributed by atoms with van der Waals surface area (Å²) in [4.78, 5) is 11.5. The average molecular weight is 242 g/mol. The third-order valence-electron chi connectivity index (χ3n) is 2.58.